The molecule has 0 amide bonds. The van der Waals surface area contributed by atoms with Crippen LogP contribution in [0, 0.1) is 0 Å². The van der Waals surface area contributed by atoms with Gasteiger partial charge in [-0.1, -0.05) is 19.1 Å². The SMILES string of the molecule is CCC(=O)c1cc2c(OC)c3cccc(OC)c3c(OC)c2s1. The molecule has 0 aliphatic heterocycles. The highest BCUT2D eigenvalue weighted by atomic mass is 32.1. The van der Waals surface area contributed by atoms with E-state index in [-0.39, 0.29) is 5.78 Å². The van der Waals surface area contributed by atoms with Crippen LogP contribution >= 0.6 is 11.3 Å². The number of methoxy groups -OCH3 is 3. The first-order valence-corrected chi connectivity index (χ1v) is 8.15. The molecule has 1 heterocycles. The predicted octanol–water partition coefficient (Wildman–Crippen LogP) is 4.67. The lowest BCUT2D eigenvalue weighted by Crippen LogP contribution is -1.93. The van der Waals surface area contributed by atoms with Gasteiger partial charge in [0.05, 0.1) is 36.3 Å². The van der Waals surface area contributed by atoms with Crippen LogP contribution in [-0.4, -0.2) is 27.1 Å². The highest BCUT2D eigenvalue weighted by molar-refractivity contribution is 7.21. The summed E-state index contributed by atoms with van der Waals surface area (Å²) in [5.74, 6) is 2.29. The fourth-order valence-corrected chi connectivity index (χ4v) is 4.03. The van der Waals surface area contributed by atoms with Crippen molar-refractivity contribution < 1.29 is 19.0 Å². The summed E-state index contributed by atoms with van der Waals surface area (Å²) in [6, 6.07) is 7.67. The van der Waals surface area contributed by atoms with Crippen LogP contribution < -0.4 is 14.2 Å². The van der Waals surface area contributed by atoms with E-state index in [2.05, 4.69) is 0 Å². The lowest BCUT2D eigenvalue weighted by molar-refractivity contribution is 0.0992. The molecule has 5 heteroatoms. The van der Waals surface area contributed by atoms with Crippen LogP contribution in [0.15, 0.2) is 24.3 Å². The van der Waals surface area contributed by atoms with E-state index in [0.717, 1.165) is 32.4 Å². The Morgan fingerprint density at radius 1 is 1.04 bits per heavy atom. The molecule has 3 aromatic rings. The third-order valence-corrected chi connectivity index (χ3v) is 5.08. The van der Waals surface area contributed by atoms with Crippen molar-refractivity contribution in [2.45, 2.75) is 13.3 Å². The molecule has 0 unspecified atom stereocenters. The summed E-state index contributed by atoms with van der Waals surface area (Å²) in [7, 11) is 4.90. The molecule has 4 nitrogen and oxygen atoms in total. The number of ether oxygens (including phenoxy) is 3. The zero-order valence-corrected chi connectivity index (χ0v) is 14.4. The molecule has 0 N–H and O–H groups in total. The molecule has 1 aromatic heterocycles. The van der Waals surface area contributed by atoms with Crippen LogP contribution in [0.2, 0.25) is 0 Å². The fraction of sp³-hybridized carbons (Fsp3) is 0.278. The minimum absolute atomic E-state index is 0.117. The molecule has 0 saturated carbocycles. The molecule has 0 bridgehead atoms. The van der Waals surface area contributed by atoms with E-state index in [0.29, 0.717) is 17.0 Å². The van der Waals surface area contributed by atoms with Gasteiger partial charge in [0.25, 0.3) is 0 Å². The maximum atomic E-state index is 12.1. The van der Waals surface area contributed by atoms with Crippen molar-refractivity contribution in [1.29, 1.82) is 0 Å². The van der Waals surface area contributed by atoms with E-state index in [9.17, 15) is 4.79 Å². The van der Waals surface area contributed by atoms with Gasteiger partial charge in [-0.15, -0.1) is 11.3 Å². The first-order chi connectivity index (χ1) is 11.2. The summed E-state index contributed by atoms with van der Waals surface area (Å²) in [5, 5.41) is 2.66. The smallest absolute Gasteiger partial charge is 0.172 e. The van der Waals surface area contributed by atoms with Crippen LogP contribution in [0.3, 0.4) is 0 Å². The number of thiophene rings is 1. The van der Waals surface area contributed by atoms with Gasteiger partial charge in [0, 0.05) is 17.2 Å². The predicted molar refractivity (Wildman–Crippen MR) is 93.6 cm³/mol. The maximum Gasteiger partial charge on any atom is 0.172 e. The van der Waals surface area contributed by atoms with Crippen molar-refractivity contribution in [2.24, 2.45) is 0 Å². The van der Waals surface area contributed by atoms with Gasteiger partial charge >= 0.3 is 0 Å². The minimum Gasteiger partial charge on any atom is -0.496 e. The number of rotatable bonds is 5. The topological polar surface area (TPSA) is 44.8 Å². The molecule has 0 fully saturated rings. The number of ketones is 1. The van der Waals surface area contributed by atoms with E-state index in [1.165, 1.54) is 11.3 Å². The standard InChI is InChI=1S/C18H18O4S/c1-5-12(19)14-9-11-16(21-3)10-7-6-8-13(20-2)15(10)17(22-4)18(11)23-14/h6-9H,5H2,1-4H3. The van der Waals surface area contributed by atoms with Crippen molar-refractivity contribution in [2.75, 3.05) is 21.3 Å². The van der Waals surface area contributed by atoms with Gasteiger partial charge in [0.2, 0.25) is 0 Å². The second-order valence-electron chi connectivity index (χ2n) is 5.08. The Morgan fingerprint density at radius 3 is 2.39 bits per heavy atom. The van der Waals surface area contributed by atoms with Gasteiger partial charge in [-0.05, 0) is 12.1 Å². The Kier molecular flexibility index (Phi) is 4.13. The van der Waals surface area contributed by atoms with Gasteiger partial charge < -0.3 is 14.2 Å². The van der Waals surface area contributed by atoms with Crippen molar-refractivity contribution in [3.63, 3.8) is 0 Å². The van der Waals surface area contributed by atoms with Gasteiger partial charge in [0.1, 0.15) is 17.2 Å². The monoisotopic (exact) mass is 330 g/mol. The van der Waals surface area contributed by atoms with Crippen molar-refractivity contribution in [1.82, 2.24) is 0 Å². The second-order valence-corrected chi connectivity index (χ2v) is 6.13. The lowest BCUT2D eigenvalue weighted by atomic mass is 10.0. The fourth-order valence-electron chi connectivity index (χ4n) is 2.84. The average molecular weight is 330 g/mol. The summed E-state index contributed by atoms with van der Waals surface area (Å²) < 4.78 is 17.7. The number of benzene rings is 2. The van der Waals surface area contributed by atoms with E-state index < -0.39 is 0 Å². The molecule has 2 aromatic carbocycles. The second kappa shape index (κ2) is 6.08. The molecular formula is C18H18O4S. The normalized spacial score (nSPS) is 11.0. The molecule has 0 radical (unpaired) electrons. The summed E-state index contributed by atoms with van der Waals surface area (Å²) >= 11 is 1.43. The molecule has 0 spiro atoms. The number of carbonyl (C=O) groups excluding carboxylic acids is 1. The van der Waals surface area contributed by atoms with Crippen LogP contribution in [0.25, 0.3) is 20.9 Å². The molecular weight excluding hydrogens is 312 g/mol. The Morgan fingerprint density at radius 2 is 1.78 bits per heavy atom. The number of fused-ring (bicyclic) bond motifs is 2. The molecule has 0 aliphatic carbocycles. The van der Waals surface area contributed by atoms with E-state index in [4.69, 9.17) is 14.2 Å². The summed E-state index contributed by atoms with van der Waals surface area (Å²) in [6.07, 6.45) is 0.473. The van der Waals surface area contributed by atoms with E-state index >= 15 is 0 Å². The molecule has 3 rings (SSSR count). The summed E-state index contributed by atoms with van der Waals surface area (Å²) in [5.41, 5.74) is 0. The number of hydrogen-bond acceptors (Lipinski definition) is 5. The van der Waals surface area contributed by atoms with Gasteiger partial charge in [-0.25, -0.2) is 0 Å². The van der Waals surface area contributed by atoms with Gasteiger partial charge in [-0.3, -0.25) is 4.79 Å². The zero-order valence-electron chi connectivity index (χ0n) is 13.6. The number of carbonyl (C=O) groups is 1. The van der Waals surface area contributed by atoms with Crippen molar-refractivity contribution in [3.05, 3.63) is 29.1 Å². The Labute approximate surface area is 138 Å². The lowest BCUT2D eigenvalue weighted by Gasteiger charge is -2.14. The number of hydrogen-bond donors (Lipinski definition) is 0. The van der Waals surface area contributed by atoms with Crippen LogP contribution in [0.5, 0.6) is 17.2 Å². The summed E-state index contributed by atoms with van der Waals surface area (Å²) in [6.45, 7) is 1.86. The minimum atomic E-state index is 0.117. The molecule has 120 valence electrons. The van der Waals surface area contributed by atoms with E-state index in [1.807, 2.05) is 31.2 Å². The highest BCUT2D eigenvalue weighted by Crippen LogP contribution is 2.49. The molecule has 0 saturated heterocycles. The highest BCUT2D eigenvalue weighted by Gasteiger charge is 2.22. The number of Topliss-reactive ketones (excluding diaryl/α,β-unsaturated/α-hetero) is 1. The first-order valence-electron chi connectivity index (χ1n) is 7.33. The molecule has 23 heavy (non-hydrogen) atoms. The van der Waals surface area contributed by atoms with Gasteiger partial charge in [0.15, 0.2) is 5.78 Å². The van der Waals surface area contributed by atoms with E-state index in [1.54, 1.807) is 21.3 Å². The largest absolute Gasteiger partial charge is 0.496 e. The Bertz CT molecular complexity index is 895. The van der Waals surface area contributed by atoms with Gasteiger partial charge in [-0.2, -0.15) is 0 Å². The average Bonchev–Trinajstić information content (AvgIpc) is 3.02. The molecule has 0 aliphatic rings. The third-order valence-electron chi connectivity index (χ3n) is 3.90. The van der Waals surface area contributed by atoms with Crippen molar-refractivity contribution in [3.8, 4) is 17.2 Å². The first kappa shape index (κ1) is 15.6. The Hall–Kier alpha value is -2.27. The quantitative estimate of drug-likeness (QED) is 0.638. The third kappa shape index (κ3) is 2.32. The van der Waals surface area contributed by atoms with Crippen LogP contribution in [0.4, 0.5) is 0 Å². The zero-order chi connectivity index (χ0) is 16.6. The van der Waals surface area contributed by atoms with Crippen molar-refractivity contribution >= 4 is 38.0 Å². The summed E-state index contributed by atoms with van der Waals surface area (Å²) in [4.78, 5) is 12.8. The van der Waals surface area contributed by atoms with Crippen LogP contribution in [0.1, 0.15) is 23.0 Å². The Balaban J connectivity index is 2.51. The molecule has 0 atom stereocenters. The maximum absolute atomic E-state index is 12.1. The van der Waals surface area contributed by atoms with Crippen LogP contribution in [-0.2, 0) is 0 Å².